The predicted molar refractivity (Wildman–Crippen MR) is 73.2 cm³/mol. The van der Waals surface area contributed by atoms with Gasteiger partial charge in [0, 0.05) is 10.0 Å². The number of phenols is 1. The van der Waals surface area contributed by atoms with Gasteiger partial charge in [-0.25, -0.2) is 0 Å². The Labute approximate surface area is 120 Å². The Kier molecular flexibility index (Phi) is 4.56. The monoisotopic (exact) mass is 326 g/mol. The Balaban J connectivity index is 3.39. The quantitative estimate of drug-likeness (QED) is 0.830. The van der Waals surface area contributed by atoms with Crippen molar-refractivity contribution in [3.8, 4) is 11.8 Å². The Hall–Kier alpha value is -1.58. The van der Waals surface area contributed by atoms with Gasteiger partial charge in [-0.2, -0.15) is 5.26 Å². The summed E-state index contributed by atoms with van der Waals surface area (Å²) in [5.41, 5.74) is 5.46. The number of hydrogen-bond donors (Lipinski definition) is 2. The van der Waals surface area contributed by atoms with Crippen LogP contribution in [0.25, 0.3) is 0 Å². The fourth-order valence-corrected chi connectivity index (χ4v) is 2.29. The van der Waals surface area contributed by atoms with Gasteiger partial charge in [-0.1, -0.05) is 15.9 Å². The number of methoxy groups -OCH3 is 1. The summed E-state index contributed by atoms with van der Waals surface area (Å²) in [7, 11) is 1.28. The van der Waals surface area contributed by atoms with Gasteiger partial charge in [0.05, 0.1) is 24.1 Å². The topological polar surface area (TPSA) is 96.3 Å². The SMILES string of the molecule is COC(=O)C(C)(C)[C@H](N)c1c(Br)ccc(C#N)c1O. The molecule has 0 bridgehead atoms. The van der Waals surface area contributed by atoms with E-state index in [0.717, 1.165) is 0 Å². The first-order valence-electron chi connectivity index (χ1n) is 5.52. The molecule has 5 nitrogen and oxygen atoms in total. The van der Waals surface area contributed by atoms with Crippen LogP contribution in [0.3, 0.4) is 0 Å². The summed E-state index contributed by atoms with van der Waals surface area (Å²) in [6, 6.07) is 4.14. The number of ether oxygens (including phenoxy) is 1. The van der Waals surface area contributed by atoms with Crippen molar-refractivity contribution in [2.24, 2.45) is 11.1 Å². The van der Waals surface area contributed by atoms with E-state index >= 15 is 0 Å². The Bertz CT molecular complexity index is 550. The molecule has 0 unspecified atom stereocenters. The fraction of sp³-hybridized carbons (Fsp3) is 0.385. The molecule has 3 N–H and O–H groups in total. The number of carbonyl (C=O) groups is 1. The summed E-state index contributed by atoms with van der Waals surface area (Å²) in [6.07, 6.45) is 0. The maximum atomic E-state index is 11.8. The van der Waals surface area contributed by atoms with Crippen LogP contribution >= 0.6 is 15.9 Å². The van der Waals surface area contributed by atoms with Gasteiger partial charge in [0.15, 0.2) is 0 Å². The van der Waals surface area contributed by atoms with Crippen LogP contribution in [0.5, 0.6) is 5.75 Å². The zero-order valence-corrected chi connectivity index (χ0v) is 12.5. The van der Waals surface area contributed by atoms with E-state index in [2.05, 4.69) is 15.9 Å². The van der Waals surface area contributed by atoms with Crippen molar-refractivity contribution in [1.29, 1.82) is 5.26 Å². The van der Waals surface area contributed by atoms with Gasteiger partial charge in [-0.3, -0.25) is 4.79 Å². The van der Waals surface area contributed by atoms with Crippen LogP contribution in [0.4, 0.5) is 0 Å². The van der Waals surface area contributed by atoms with Crippen molar-refractivity contribution in [2.75, 3.05) is 7.11 Å². The molecule has 1 atom stereocenters. The second kappa shape index (κ2) is 5.59. The van der Waals surface area contributed by atoms with Gasteiger partial charge in [0.2, 0.25) is 0 Å². The number of carbonyl (C=O) groups excluding carboxylic acids is 1. The first-order chi connectivity index (χ1) is 8.77. The molecule has 0 heterocycles. The van der Waals surface area contributed by atoms with E-state index in [-0.39, 0.29) is 11.3 Å². The van der Waals surface area contributed by atoms with Crippen molar-refractivity contribution < 1.29 is 14.6 Å². The van der Waals surface area contributed by atoms with Crippen LogP contribution in [-0.4, -0.2) is 18.2 Å². The number of aromatic hydroxyl groups is 1. The van der Waals surface area contributed by atoms with Gasteiger partial charge in [-0.05, 0) is 26.0 Å². The van der Waals surface area contributed by atoms with Gasteiger partial charge < -0.3 is 15.6 Å². The lowest BCUT2D eigenvalue weighted by atomic mass is 9.80. The van der Waals surface area contributed by atoms with Crippen molar-refractivity contribution in [1.82, 2.24) is 0 Å². The van der Waals surface area contributed by atoms with Crippen molar-refractivity contribution in [3.05, 3.63) is 27.7 Å². The molecule has 0 radical (unpaired) electrons. The maximum Gasteiger partial charge on any atom is 0.313 e. The summed E-state index contributed by atoms with van der Waals surface area (Å²) in [5.74, 6) is -0.713. The van der Waals surface area contributed by atoms with Crippen LogP contribution in [0.2, 0.25) is 0 Å². The number of esters is 1. The highest BCUT2D eigenvalue weighted by atomic mass is 79.9. The number of benzene rings is 1. The van der Waals surface area contributed by atoms with E-state index in [1.54, 1.807) is 19.9 Å². The zero-order valence-electron chi connectivity index (χ0n) is 10.9. The molecule has 1 aromatic carbocycles. The summed E-state index contributed by atoms with van der Waals surface area (Å²) < 4.78 is 5.25. The molecule has 0 aliphatic heterocycles. The molecular weight excluding hydrogens is 312 g/mol. The lowest BCUT2D eigenvalue weighted by molar-refractivity contribution is -0.152. The summed E-state index contributed by atoms with van der Waals surface area (Å²) >= 11 is 3.27. The number of rotatable bonds is 3. The number of halogens is 1. The maximum absolute atomic E-state index is 11.8. The minimum atomic E-state index is -1.04. The average Bonchev–Trinajstić information content (AvgIpc) is 2.37. The molecule has 0 saturated carbocycles. The molecule has 1 rings (SSSR count). The van der Waals surface area contributed by atoms with Crippen molar-refractivity contribution >= 4 is 21.9 Å². The number of nitriles is 1. The normalized spacial score (nSPS) is 12.6. The zero-order chi connectivity index (χ0) is 14.8. The van der Waals surface area contributed by atoms with E-state index < -0.39 is 17.4 Å². The number of nitrogens with two attached hydrogens (primary N) is 1. The van der Waals surface area contributed by atoms with Crippen molar-refractivity contribution in [2.45, 2.75) is 19.9 Å². The molecule has 0 amide bonds. The van der Waals surface area contributed by atoms with Crippen molar-refractivity contribution in [3.63, 3.8) is 0 Å². The van der Waals surface area contributed by atoms with Gasteiger partial charge >= 0.3 is 5.97 Å². The third-order valence-corrected chi connectivity index (χ3v) is 3.78. The van der Waals surface area contributed by atoms with Gasteiger partial charge in [0.1, 0.15) is 11.8 Å². The molecule has 0 aromatic heterocycles. The van der Waals surface area contributed by atoms with E-state index in [1.165, 1.54) is 13.2 Å². The minimum Gasteiger partial charge on any atom is -0.506 e. The largest absolute Gasteiger partial charge is 0.506 e. The van der Waals surface area contributed by atoms with Gasteiger partial charge in [-0.15, -0.1) is 0 Å². The Morgan fingerprint density at radius 3 is 2.63 bits per heavy atom. The summed E-state index contributed by atoms with van der Waals surface area (Å²) in [5, 5.41) is 19.0. The smallest absolute Gasteiger partial charge is 0.313 e. The third kappa shape index (κ3) is 2.72. The molecule has 0 saturated heterocycles. The first kappa shape index (κ1) is 15.5. The molecule has 0 aliphatic carbocycles. The molecular formula is C13H15BrN2O3. The molecule has 102 valence electrons. The lowest BCUT2D eigenvalue weighted by Crippen LogP contribution is -2.37. The highest BCUT2D eigenvalue weighted by molar-refractivity contribution is 9.10. The molecule has 0 aliphatic rings. The fourth-order valence-electron chi connectivity index (χ4n) is 1.72. The van der Waals surface area contributed by atoms with E-state index in [4.69, 9.17) is 15.7 Å². The van der Waals surface area contributed by atoms with Crippen LogP contribution in [0, 0.1) is 16.7 Å². The second-order valence-corrected chi connectivity index (χ2v) is 5.51. The molecule has 19 heavy (non-hydrogen) atoms. The number of nitrogens with zero attached hydrogens (tertiary/aromatic N) is 1. The number of hydrogen-bond acceptors (Lipinski definition) is 5. The third-order valence-electron chi connectivity index (χ3n) is 3.08. The summed E-state index contributed by atoms with van der Waals surface area (Å²) in [6.45, 7) is 3.24. The van der Waals surface area contributed by atoms with E-state index in [0.29, 0.717) is 10.0 Å². The Morgan fingerprint density at radius 2 is 2.16 bits per heavy atom. The van der Waals surface area contributed by atoms with E-state index in [1.807, 2.05) is 6.07 Å². The molecule has 6 heteroatoms. The second-order valence-electron chi connectivity index (χ2n) is 4.66. The van der Waals surface area contributed by atoms with E-state index in [9.17, 15) is 9.90 Å². The molecule has 0 spiro atoms. The minimum absolute atomic E-state index is 0.106. The Morgan fingerprint density at radius 1 is 1.58 bits per heavy atom. The first-order valence-corrected chi connectivity index (χ1v) is 6.32. The average molecular weight is 327 g/mol. The predicted octanol–water partition coefficient (Wildman–Crippen LogP) is 2.23. The van der Waals surface area contributed by atoms with Crippen LogP contribution in [0.1, 0.15) is 31.0 Å². The van der Waals surface area contributed by atoms with Crippen LogP contribution in [-0.2, 0) is 9.53 Å². The van der Waals surface area contributed by atoms with Crippen LogP contribution < -0.4 is 5.73 Å². The standard InChI is InChI=1S/C13H15BrN2O3/c1-13(2,12(18)19-3)11(16)9-8(14)5-4-7(6-15)10(9)17/h4-5,11,17H,16H2,1-3H3/t11-/m1/s1. The molecule has 1 aromatic rings. The highest BCUT2D eigenvalue weighted by Gasteiger charge is 2.39. The van der Waals surface area contributed by atoms with Crippen LogP contribution in [0.15, 0.2) is 16.6 Å². The number of phenolic OH excluding ortho intramolecular Hbond substituents is 1. The summed E-state index contributed by atoms with van der Waals surface area (Å²) in [4.78, 5) is 11.8. The highest BCUT2D eigenvalue weighted by Crippen LogP contribution is 2.41. The molecule has 0 fully saturated rings. The van der Waals surface area contributed by atoms with Gasteiger partial charge in [0.25, 0.3) is 0 Å². The lowest BCUT2D eigenvalue weighted by Gasteiger charge is -2.30.